The number of ether oxygens (including phenoxy) is 1. The highest BCUT2D eigenvalue weighted by Gasteiger charge is 2.35. The van der Waals surface area contributed by atoms with Crippen LogP contribution in [0.25, 0.3) is 5.57 Å². The van der Waals surface area contributed by atoms with E-state index < -0.39 is 12.5 Å². The Morgan fingerprint density at radius 1 is 1.53 bits per heavy atom. The van der Waals surface area contributed by atoms with Crippen LogP contribution in [-0.2, 0) is 4.74 Å². The zero-order valence-electron chi connectivity index (χ0n) is 10.3. The average Bonchev–Trinajstić information content (AvgIpc) is 2.77. The molecule has 0 spiro atoms. The Labute approximate surface area is 108 Å². The van der Waals surface area contributed by atoms with Gasteiger partial charge in [-0.15, -0.1) is 23.4 Å². The number of nitrogens with zero attached hydrogens (tertiary/aromatic N) is 2. The number of hydrogen-bond acceptors (Lipinski definition) is 5. The first-order valence-corrected chi connectivity index (χ1v) is 5.81. The summed E-state index contributed by atoms with van der Waals surface area (Å²) in [6.45, 7) is 4.27. The number of aromatic nitrogens is 2. The number of halogens is 3. The van der Waals surface area contributed by atoms with Gasteiger partial charge in [0, 0.05) is 5.57 Å². The maximum Gasteiger partial charge on any atom is 0.522 e. The minimum Gasteiger partial charge on any atom is -0.424 e. The quantitative estimate of drug-likeness (QED) is 0.916. The van der Waals surface area contributed by atoms with Crippen molar-refractivity contribution in [2.75, 3.05) is 6.54 Å². The van der Waals surface area contributed by atoms with E-state index in [1.807, 2.05) is 0 Å². The Kier molecular flexibility index (Phi) is 5.97. The molecular formula is C11H16F3N3O2. The fourth-order valence-corrected chi connectivity index (χ4v) is 1.29. The van der Waals surface area contributed by atoms with Gasteiger partial charge in [-0.2, -0.15) is 0 Å². The Hall–Kier alpha value is -1.41. The van der Waals surface area contributed by atoms with Crippen molar-refractivity contribution in [3.8, 4) is 0 Å². The summed E-state index contributed by atoms with van der Waals surface area (Å²) >= 11 is 0. The van der Waals surface area contributed by atoms with E-state index >= 15 is 0 Å². The lowest BCUT2D eigenvalue weighted by Crippen LogP contribution is -2.29. The first-order chi connectivity index (χ1) is 8.92. The molecule has 1 aliphatic carbocycles. The molecule has 0 unspecified atom stereocenters. The summed E-state index contributed by atoms with van der Waals surface area (Å²) in [6.07, 6.45) is -1.03. The molecular weight excluding hydrogens is 263 g/mol. The zero-order valence-corrected chi connectivity index (χ0v) is 10.3. The molecule has 108 valence electrons. The molecule has 1 fully saturated rings. The summed E-state index contributed by atoms with van der Waals surface area (Å²) in [4.78, 5) is 0. The molecule has 2 N–H and O–H groups in total. The lowest BCUT2D eigenvalue weighted by molar-refractivity contribution is -0.350. The highest BCUT2D eigenvalue weighted by Crippen LogP contribution is 2.29. The van der Waals surface area contributed by atoms with Crippen LogP contribution in [0.3, 0.4) is 0 Å². The number of hydrogen-bond donors (Lipinski definition) is 1. The van der Waals surface area contributed by atoms with Crippen molar-refractivity contribution in [3.05, 3.63) is 18.9 Å². The van der Waals surface area contributed by atoms with Gasteiger partial charge in [0.15, 0.2) is 0 Å². The van der Waals surface area contributed by atoms with Gasteiger partial charge in [-0.3, -0.25) is 4.74 Å². The van der Waals surface area contributed by atoms with Gasteiger partial charge < -0.3 is 10.2 Å². The number of rotatable bonds is 4. The second-order valence-electron chi connectivity index (χ2n) is 4.00. The molecule has 1 aromatic rings. The van der Waals surface area contributed by atoms with Crippen molar-refractivity contribution < 1.29 is 22.3 Å². The van der Waals surface area contributed by atoms with E-state index in [-0.39, 0.29) is 0 Å². The Bertz CT molecular complexity index is 375. The molecule has 19 heavy (non-hydrogen) atoms. The van der Waals surface area contributed by atoms with Gasteiger partial charge in [-0.25, -0.2) is 0 Å². The maximum atomic E-state index is 11.3. The van der Waals surface area contributed by atoms with Crippen LogP contribution in [0.4, 0.5) is 13.2 Å². The first kappa shape index (κ1) is 15.6. The van der Waals surface area contributed by atoms with Crippen LogP contribution in [0, 0.1) is 0 Å². The molecule has 1 aliphatic rings. The Morgan fingerprint density at radius 2 is 2.21 bits per heavy atom. The number of alkyl halides is 3. The second-order valence-corrected chi connectivity index (χ2v) is 4.00. The van der Waals surface area contributed by atoms with Crippen molar-refractivity contribution in [1.29, 1.82) is 0 Å². The zero-order chi connectivity index (χ0) is 14.3. The second kappa shape index (κ2) is 7.25. The van der Waals surface area contributed by atoms with Crippen LogP contribution in [0.15, 0.2) is 17.4 Å². The molecule has 0 radical (unpaired) electrons. The third-order valence-corrected chi connectivity index (χ3v) is 2.46. The molecule has 0 aromatic carbocycles. The largest absolute Gasteiger partial charge is 0.522 e. The van der Waals surface area contributed by atoms with Crippen molar-refractivity contribution in [2.45, 2.75) is 38.1 Å². The molecule has 0 amide bonds. The SMILES string of the molecule is C=C(CCN)c1nnco1.FC(F)(F)OC1CCC1. The maximum absolute atomic E-state index is 11.3. The van der Waals surface area contributed by atoms with Crippen LogP contribution >= 0.6 is 0 Å². The monoisotopic (exact) mass is 279 g/mol. The lowest BCUT2D eigenvalue weighted by Gasteiger charge is -2.25. The minimum atomic E-state index is -4.43. The van der Waals surface area contributed by atoms with Crippen LogP contribution in [0.5, 0.6) is 0 Å². The summed E-state index contributed by atoms with van der Waals surface area (Å²) in [7, 11) is 0. The standard InChI is InChI=1S/C6H9N3O.C5H7F3O/c1-5(2-3-7)6-9-8-4-10-6;6-5(7,8)9-4-2-1-3-4/h4H,1-3,7H2;4H,1-3H2. The summed E-state index contributed by atoms with van der Waals surface area (Å²) in [6, 6.07) is 0. The van der Waals surface area contributed by atoms with Gasteiger partial charge in [-0.1, -0.05) is 6.58 Å². The lowest BCUT2D eigenvalue weighted by atomic mass is 9.96. The van der Waals surface area contributed by atoms with E-state index in [1.54, 1.807) is 0 Å². The highest BCUT2D eigenvalue weighted by molar-refractivity contribution is 5.54. The van der Waals surface area contributed by atoms with Crippen molar-refractivity contribution in [3.63, 3.8) is 0 Å². The smallest absolute Gasteiger partial charge is 0.424 e. The van der Waals surface area contributed by atoms with Gasteiger partial charge in [0.05, 0.1) is 6.10 Å². The van der Waals surface area contributed by atoms with E-state index in [4.69, 9.17) is 10.2 Å². The molecule has 1 aromatic heterocycles. The normalized spacial score (nSPS) is 15.4. The minimum absolute atomic E-state index is 0.477. The van der Waals surface area contributed by atoms with E-state index in [9.17, 15) is 13.2 Å². The fraction of sp³-hybridized carbons (Fsp3) is 0.636. The van der Waals surface area contributed by atoms with Gasteiger partial charge in [0.2, 0.25) is 12.3 Å². The summed E-state index contributed by atoms with van der Waals surface area (Å²) in [5.74, 6) is 0.477. The third kappa shape index (κ3) is 6.35. The topological polar surface area (TPSA) is 74.2 Å². The summed E-state index contributed by atoms with van der Waals surface area (Å²) in [5, 5.41) is 7.17. The predicted octanol–water partition coefficient (Wildman–Crippen LogP) is 2.51. The van der Waals surface area contributed by atoms with Crippen molar-refractivity contribution in [1.82, 2.24) is 10.2 Å². The van der Waals surface area contributed by atoms with Gasteiger partial charge in [-0.05, 0) is 32.2 Å². The summed E-state index contributed by atoms with van der Waals surface area (Å²) < 4.78 is 42.5. The van der Waals surface area contributed by atoms with Crippen LogP contribution in [0.2, 0.25) is 0 Å². The van der Waals surface area contributed by atoms with E-state index in [2.05, 4.69) is 21.5 Å². The van der Waals surface area contributed by atoms with Gasteiger partial charge in [0.25, 0.3) is 0 Å². The van der Waals surface area contributed by atoms with Gasteiger partial charge >= 0.3 is 6.36 Å². The highest BCUT2D eigenvalue weighted by atomic mass is 19.4. The van der Waals surface area contributed by atoms with Crippen LogP contribution in [-0.4, -0.2) is 29.2 Å². The van der Waals surface area contributed by atoms with Crippen molar-refractivity contribution >= 4 is 5.57 Å². The fourth-order valence-electron chi connectivity index (χ4n) is 1.29. The van der Waals surface area contributed by atoms with Crippen molar-refractivity contribution in [2.24, 2.45) is 5.73 Å². The number of nitrogens with two attached hydrogens (primary N) is 1. The molecule has 0 atom stereocenters. The predicted molar refractivity (Wildman–Crippen MR) is 61.8 cm³/mol. The molecule has 2 rings (SSSR count). The molecule has 0 saturated heterocycles. The molecule has 0 aliphatic heterocycles. The van der Waals surface area contributed by atoms with E-state index in [0.29, 0.717) is 31.7 Å². The molecule has 1 saturated carbocycles. The Morgan fingerprint density at radius 3 is 2.53 bits per heavy atom. The molecule has 5 nitrogen and oxygen atoms in total. The third-order valence-electron chi connectivity index (χ3n) is 2.46. The van der Waals surface area contributed by atoms with E-state index in [0.717, 1.165) is 12.0 Å². The van der Waals surface area contributed by atoms with Crippen LogP contribution in [0.1, 0.15) is 31.6 Å². The average molecular weight is 279 g/mol. The molecule has 8 heteroatoms. The molecule has 0 bridgehead atoms. The van der Waals surface area contributed by atoms with Crippen LogP contribution < -0.4 is 5.73 Å². The van der Waals surface area contributed by atoms with E-state index in [1.165, 1.54) is 6.39 Å². The Balaban J connectivity index is 0.000000191. The first-order valence-electron chi connectivity index (χ1n) is 5.81. The summed E-state index contributed by atoms with van der Waals surface area (Å²) in [5.41, 5.74) is 6.08. The molecule has 1 heterocycles. The van der Waals surface area contributed by atoms with Gasteiger partial charge in [0.1, 0.15) is 0 Å².